The number of aliphatic hydroxyl groups excluding tert-OH is 1. The molecule has 344 valence electrons. The van der Waals surface area contributed by atoms with Crippen molar-refractivity contribution in [3.05, 3.63) is 60.8 Å². The van der Waals surface area contributed by atoms with Crippen LogP contribution in [0.25, 0.3) is 0 Å². The predicted octanol–water partition coefficient (Wildman–Crippen LogP) is 13.2. The summed E-state index contributed by atoms with van der Waals surface area (Å²) in [6.45, 7) is 4.58. The second-order valence-electron chi connectivity index (χ2n) is 17.5. The molecule has 0 rings (SSSR count). The van der Waals surface area contributed by atoms with Crippen molar-refractivity contribution in [3.8, 4) is 0 Å². The minimum absolute atomic E-state index is 0.00940. The van der Waals surface area contributed by atoms with E-state index in [-0.39, 0.29) is 12.5 Å². The van der Waals surface area contributed by atoms with Gasteiger partial charge in [-0.3, -0.25) is 9.36 Å². The van der Waals surface area contributed by atoms with E-state index in [9.17, 15) is 19.4 Å². The topological polar surface area (TPSA) is 108 Å². The molecule has 0 spiro atoms. The smallest absolute Gasteiger partial charge is 0.268 e. The van der Waals surface area contributed by atoms with Crippen LogP contribution >= 0.6 is 7.82 Å². The minimum Gasteiger partial charge on any atom is -0.756 e. The second kappa shape index (κ2) is 41.5. The molecular weight excluding hydrogens is 756 g/mol. The Kier molecular flexibility index (Phi) is 40.3. The number of phosphoric ester groups is 1. The maximum atomic E-state index is 12.9. The molecule has 0 heterocycles. The van der Waals surface area contributed by atoms with E-state index in [1.807, 2.05) is 27.2 Å². The summed E-state index contributed by atoms with van der Waals surface area (Å²) in [5.74, 6) is -0.215. The number of rotatable bonds is 43. The van der Waals surface area contributed by atoms with Gasteiger partial charge in [0.25, 0.3) is 7.82 Å². The summed E-state index contributed by atoms with van der Waals surface area (Å²) in [5, 5.41) is 13.7. The third-order valence-corrected chi connectivity index (χ3v) is 11.4. The van der Waals surface area contributed by atoms with Gasteiger partial charge in [0.1, 0.15) is 13.2 Å². The third kappa shape index (κ3) is 44.1. The van der Waals surface area contributed by atoms with Crippen molar-refractivity contribution in [2.24, 2.45) is 0 Å². The maximum absolute atomic E-state index is 12.9. The fraction of sp³-hybridized carbons (Fsp3) is 0.780. The van der Waals surface area contributed by atoms with Crippen LogP contribution in [0, 0.1) is 0 Å². The Bertz CT molecular complexity index is 1140. The Morgan fingerprint density at radius 3 is 1.49 bits per heavy atom. The van der Waals surface area contributed by atoms with Gasteiger partial charge in [-0.05, 0) is 70.6 Å². The van der Waals surface area contributed by atoms with Gasteiger partial charge in [0.2, 0.25) is 5.91 Å². The number of hydrogen-bond acceptors (Lipinski definition) is 6. The van der Waals surface area contributed by atoms with Crippen LogP contribution in [0.2, 0.25) is 0 Å². The predicted molar refractivity (Wildman–Crippen MR) is 251 cm³/mol. The summed E-state index contributed by atoms with van der Waals surface area (Å²) < 4.78 is 23.2. The first-order chi connectivity index (χ1) is 28.5. The summed E-state index contributed by atoms with van der Waals surface area (Å²) >= 11 is 0. The molecule has 3 atom stereocenters. The monoisotopic (exact) mass is 849 g/mol. The van der Waals surface area contributed by atoms with Crippen LogP contribution in [0.3, 0.4) is 0 Å². The Balaban J connectivity index is 4.28. The molecule has 0 saturated heterocycles. The van der Waals surface area contributed by atoms with E-state index >= 15 is 0 Å². The van der Waals surface area contributed by atoms with Crippen molar-refractivity contribution >= 4 is 13.7 Å². The van der Waals surface area contributed by atoms with Gasteiger partial charge < -0.3 is 28.8 Å². The lowest BCUT2D eigenvalue weighted by Gasteiger charge is -2.29. The second-order valence-corrected chi connectivity index (χ2v) is 18.9. The molecular formula is C50H93N2O6P. The van der Waals surface area contributed by atoms with E-state index in [1.54, 1.807) is 6.08 Å². The van der Waals surface area contributed by atoms with Gasteiger partial charge in [-0.2, -0.15) is 0 Å². The highest BCUT2D eigenvalue weighted by Gasteiger charge is 2.23. The Labute approximate surface area is 364 Å². The number of amides is 1. The van der Waals surface area contributed by atoms with Gasteiger partial charge in [0.15, 0.2) is 0 Å². The number of unbranched alkanes of at least 4 members (excludes halogenated alkanes) is 22. The average molecular weight is 849 g/mol. The number of nitrogens with zero attached hydrogens (tertiary/aromatic N) is 1. The molecule has 1 amide bonds. The van der Waals surface area contributed by atoms with E-state index in [2.05, 4.69) is 67.8 Å². The van der Waals surface area contributed by atoms with E-state index < -0.39 is 26.6 Å². The molecule has 9 heteroatoms. The SMILES string of the molecule is CCCCCCC/C=C\C/C=C\C/C=C\CCCCCCCCCCCCC(=O)NC(COP(=O)([O-])OCC[N+](C)(C)C)C(O)/C=C/CC/C=C/CCCCCCCC. The summed E-state index contributed by atoms with van der Waals surface area (Å²) in [5.41, 5.74) is 0. The molecule has 0 aliphatic carbocycles. The van der Waals surface area contributed by atoms with Crippen LogP contribution in [-0.4, -0.2) is 68.5 Å². The normalized spacial score (nSPS) is 14.8. The van der Waals surface area contributed by atoms with Gasteiger partial charge in [-0.25, -0.2) is 0 Å². The van der Waals surface area contributed by atoms with Gasteiger partial charge in [-0.15, -0.1) is 0 Å². The summed E-state index contributed by atoms with van der Waals surface area (Å²) in [7, 11) is 1.23. The molecule has 0 aromatic carbocycles. The Morgan fingerprint density at radius 1 is 0.593 bits per heavy atom. The number of allylic oxidation sites excluding steroid dienone is 9. The lowest BCUT2D eigenvalue weighted by molar-refractivity contribution is -0.870. The van der Waals surface area contributed by atoms with Crippen LogP contribution in [0.15, 0.2) is 60.8 Å². The number of hydrogen-bond donors (Lipinski definition) is 2. The highest BCUT2D eigenvalue weighted by atomic mass is 31.2. The van der Waals surface area contributed by atoms with Gasteiger partial charge >= 0.3 is 0 Å². The first-order valence-electron chi connectivity index (χ1n) is 24.2. The summed E-state index contributed by atoms with van der Waals surface area (Å²) in [6.07, 6.45) is 54.2. The number of carbonyl (C=O) groups excluding carboxylic acids is 1. The minimum atomic E-state index is -4.60. The number of aliphatic hydroxyl groups is 1. The lowest BCUT2D eigenvalue weighted by atomic mass is 10.0. The van der Waals surface area contributed by atoms with Crippen molar-refractivity contribution in [2.45, 2.75) is 212 Å². The molecule has 2 N–H and O–H groups in total. The van der Waals surface area contributed by atoms with E-state index in [0.717, 1.165) is 51.4 Å². The molecule has 0 fully saturated rings. The van der Waals surface area contributed by atoms with Crippen LogP contribution in [0.4, 0.5) is 0 Å². The zero-order chi connectivity index (χ0) is 43.6. The molecule has 59 heavy (non-hydrogen) atoms. The zero-order valence-corrected chi connectivity index (χ0v) is 39.8. The molecule has 0 aliphatic heterocycles. The number of phosphoric acid groups is 1. The molecule has 0 bridgehead atoms. The van der Waals surface area contributed by atoms with Crippen molar-refractivity contribution in [1.29, 1.82) is 0 Å². The molecule has 0 aliphatic rings. The van der Waals surface area contributed by atoms with Gasteiger partial charge in [-0.1, -0.05) is 184 Å². The molecule has 3 unspecified atom stereocenters. The average Bonchev–Trinajstić information content (AvgIpc) is 3.19. The number of likely N-dealkylation sites (N-methyl/N-ethyl adjacent to an activating group) is 1. The summed E-state index contributed by atoms with van der Waals surface area (Å²) in [4.78, 5) is 25.3. The Morgan fingerprint density at radius 2 is 1.00 bits per heavy atom. The van der Waals surface area contributed by atoms with Crippen molar-refractivity contribution in [1.82, 2.24) is 5.32 Å². The van der Waals surface area contributed by atoms with Crippen LogP contribution in [0.5, 0.6) is 0 Å². The van der Waals surface area contributed by atoms with Crippen LogP contribution < -0.4 is 10.2 Å². The molecule has 8 nitrogen and oxygen atoms in total. The highest BCUT2D eigenvalue weighted by molar-refractivity contribution is 7.45. The van der Waals surface area contributed by atoms with E-state index in [1.165, 1.54) is 128 Å². The largest absolute Gasteiger partial charge is 0.756 e. The number of nitrogens with one attached hydrogen (secondary N) is 1. The van der Waals surface area contributed by atoms with Crippen LogP contribution in [-0.2, 0) is 18.4 Å². The molecule has 0 saturated carbocycles. The van der Waals surface area contributed by atoms with Crippen molar-refractivity contribution < 1.29 is 32.9 Å². The fourth-order valence-corrected chi connectivity index (χ4v) is 7.31. The third-order valence-electron chi connectivity index (χ3n) is 10.4. The molecule has 0 aromatic rings. The maximum Gasteiger partial charge on any atom is 0.268 e. The fourth-order valence-electron chi connectivity index (χ4n) is 6.59. The number of quaternary nitrogens is 1. The molecule has 0 radical (unpaired) electrons. The summed E-state index contributed by atoms with van der Waals surface area (Å²) in [6, 6.07) is -0.906. The highest BCUT2D eigenvalue weighted by Crippen LogP contribution is 2.38. The lowest BCUT2D eigenvalue weighted by Crippen LogP contribution is -2.45. The van der Waals surface area contributed by atoms with E-state index in [0.29, 0.717) is 17.4 Å². The van der Waals surface area contributed by atoms with Crippen molar-refractivity contribution in [2.75, 3.05) is 40.9 Å². The van der Waals surface area contributed by atoms with Crippen molar-refractivity contribution in [3.63, 3.8) is 0 Å². The van der Waals surface area contributed by atoms with Gasteiger partial charge in [0, 0.05) is 6.42 Å². The Hall–Kier alpha value is -1.80. The quantitative estimate of drug-likeness (QED) is 0.0274. The van der Waals surface area contributed by atoms with Gasteiger partial charge in [0.05, 0.1) is 39.9 Å². The zero-order valence-electron chi connectivity index (χ0n) is 38.9. The first kappa shape index (κ1) is 57.2. The molecule has 0 aromatic heterocycles. The van der Waals surface area contributed by atoms with Crippen LogP contribution in [0.1, 0.15) is 200 Å². The first-order valence-corrected chi connectivity index (χ1v) is 25.6. The van der Waals surface area contributed by atoms with E-state index in [4.69, 9.17) is 9.05 Å². The number of carbonyl (C=O) groups is 1. The standard InChI is InChI=1S/C50H93N2O6P/c1-6-8-10-12-14-16-18-20-21-22-23-24-25-26-27-28-29-30-31-32-34-36-38-40-42-44-50(54)51-48(47-58-59(55,56)57-46-45-52(3,4)5)49(53)43-41-39-37-35-33-19-17-15-13-11-9-7-2/h18,20,22-23,25-26,33,35,41,43,48-49,53H,6-17,19,21,24,27-32,34,36-40,42,44-47H2,1-5H3,(H-,51,54,55,56)/b20-18-,23-22-,26-25-,35-33+,43-41+.